The molecule has 0 heterocycles. The molecule has 0 saturated carbocycles. The molecule has 0 saturated heterocycles. The molecule has 76 valence electrons. The molecule has 0 amide bonds. The highest BCUT2D eigenvalue weighted by molar-refractivity contribution is 8.22. The van der Waals surface area contributed by atoms with E-state index >= 15 is 0 Å². The highest BCUT2D eigenvalue weighted by Crippen LogP contribution is 2.26. The fourth-order valence-electron chi connectivity index (χ4n) is 1.42. The fourth-order valence-corrected chi connectivity index (χ4v) is 1.68. The van der Waals surface area contributed by atoms with Crippen molar-refractivity contribution in [3.63, 3.8) is 0 Å². The Morgan fingerprint density at radius 3 is 2.67 bits per heavy atom. The van der Waals surface area contributed by atoms with Crippen LogP contribution in [0.1, 0.15) is 0 Å². The number of ether oxygens (including phenoxy) is 1. The quantitative estimate of drug-likeness (QED) is 0.693. The lowest BCUT2D eigenvalue weighted by Crippen LogP contribution is -1.99. The summed E-state index contributed by atoms with van der Waals surface area (Å²) in [5.41, 5.74) is 0. The van der Waals surface area contributed by atoms with Crippen molar-refractivity contribution in [1.29, 1.82) is 0 Å². The first-order chi connectivity index (χ1) is 7.31. The first-order valence-corrected chi connectivity index (χ1v) is 6.18. The molecule has 0 spiro atoms. The van der Waals surface area contributed by atoms with Crippen molar-refractivity contribution in [1.82, 2.24) is 0 Å². The van der Waals surface area contributed by atoms with Crippen LogP contribution in [0.15, 0.2) is 42.5 Å². The first kappa shape index (κ1) is 10.5. The molecule has 1 nitrogen and oxygen atoms in total. The third kappa shape index (κ3) is 2.30. The smallest absolute Gasteiger partial charge is 0.225 e. The monoisotopic (exact) mass is 234 g/mol. The first-order valence-electron chi connectivity index (χ1n) is 4.55. The minimum Gasteiger partial charge on any atom is -0.439 e. The molecule has 0 bridgehead atoms. The average Bonchev–Trinajstić information content (AvgIpc) is 2.29. The van der Waals surface area contributed by atoms with Crippen LogP contribution in [0.2, 0.25) is 0 Å². The van der Waals surface area contributed by atoms with Crippen LogP contribution < -0.4 is 4.74 Å². The SMILES string of the molecule is CSC(=S)Oc1cccc2ccccc12. The van der Waals surface area contributed by atoms with Crippen LogP contribution >= 0.6 is 24.0 Å². The predicted octanol–water partition coefficient (Wildman–Crippen LogP) is 3.87. The van der Waals surface area contributed by atoms with Gasteiger partial charge in [-0.3, -0.25) is 0 Å². The Morgan fingerprint density at radius 2 is 1.87 bits per heavy atom. The Bertz CT molecular complexity index is 488. The van der Waals surface area contributed by atoms with Crippen molar-refractivity contribution in [3.8, 4) is 5.75 Å². The summed E-state index contributed by atoms with van der Waals surface area (Å²) in [5.74, 6) is 0.826. The summed E-state index contributed by atoms with van der Waals surface area (Å²) in [7, 11) is 0. The highest BCUT2D eigenvalue weighted by atomic mass is 32.2. The molecule has 0 radical (unpaired) electrons. The molecular weight excluding hydrogens is 224 g/mol. The van der Waals surface area contributed by atoms with Gasteiger partial charge in [-0.25, -0.2) is 0 Å². The molecule has 0 fully saturated rings. The largest absolute Gasteiger partial charge is 0.439 e. The van der Waals surface area contributed by atoms with E-state index in [4.69, 9.17) is 17.0 Å². The van der Waals surface area contributed by atoms with Gasteiger partial charge in [0, 0.05) is 5.39 Å². The number of hydrogen-bond acceptors (Lipinski definition) is 3. The van der Waals surface area contributed by atoms with Gasteiger partial charge in [0.2, 0.25) is 4.38 Å². The summed E-state index contributed by atoms with van der Waals surface area (Å²) in [6, 6.07) is 14.1. The maximum atomic E-state index is 5.57. The summed E-state index contributed by atoms with van der Waals surface area (Å²) >= 11 is 6.48. The summed E-state index contributed by atoms with van der Waals surface area (Å²) in [6.45, 7) is 0. The number of thioether (sulfide) groups is 1. The summed E-state index contributed by atoms with van der Waals surface area (Å²) in [4.78, 5) is 0. The molecule has 0 aliphatic heterocycles. The maximum absolute atomic E-state index is 5.57. The van der Waals surface area contributed by atoms with Gasteiger partial charge in [-0.2, -0.15) is 0 Å². The zero-order chi connectivity index (χ0) is 10.7. The molecule has 2 aromatic rings. The zero-order valence-electron chi connectivity index (χ0n) is 8.27. The van der Waals surface area contributed by atoms with Crippen molar-refractivity contribution in [2.75, 3.05) is 6.26 Å². The van der Waals surface area contributed by atoms with Crippen LogP contribution in [-0.2, 0) is 0 Å². The third-order valence-electron chi connectivity index (χ3n) is 2.11. The predicted molar refractivity (Wildman–Crippen MR) is 70.7 cm³/mol. The lowest BCUT2D eigenvalue weighted by atomic mass is 10.1. The fraction of sp³-hybridized carbons (Fsp3) is 0.0833. The van der Waals surface area contributed by atoms with Gasteiger partial charge >= 0.3 is 0 Å². The van der Waals surface area contributed by atoms with Gasteiger partial charge in [0.1, 0.15) is 5.75 Å². The van der Waals surface area contributed by atoms with E-state index in [2.05, 4.69) is 12.1 Å². The van der Waals surface area contributed by atoms with Crippen molar-refractivity contribution >= 4 is 39.1 Å². The van der Waals surface area contributed by atoms with Gasteiger partial charge in [-0.15, -0.1) is 0 Å². The molecular formula is C12H10OS2. The molecule has 0 aliphatic rings. The molecule has 0 aromatic heterocycles. The molecule has 2 rings (SSSR count). The molecule has 0 unspecified atom stereocenters. The maximum Gasteiger partial charge on any atom is 0.225 e. The van der Waals surface area contributed by atoms with E-state index in [1.807, 2.05) is 36.6 Å². The highest BCUT2D eigenvalue weighted by Gasteiger charge is 2.03. The average molecular weight is 234 g/mol. The van der Waals surface area contributed by atoms with E-state index in [9.17, 15) is 0 Å². The lowest BCUT2D eigenvalue weighted by Gasteiger charge is -2.07. The van der Waals surface area contributed by atoms with E-state index in [1.54, 1.807) is 0 Å². The van der Waals surface area contributed by atoms with Crippen molar-refractivity contribution in [3.05, 3.63) is 42.5 Å². The Hall–Kier alpha value is -1.06. The zero-order valence-corrected chi connectivity index (χ0v) is 9.90. The Balaban J connectivity index is 2.46. The van der Waals surface area contributed by atoms with Crippen LogP contribution in [0.4, 0.5) is 0 Å². The molecule has 3 heteroatoms. The minimum atomic E-state index is 0.548. The number of thiocarbonyl (C=S) groups is 1. The Morgan fingerprint density at radius 1 is 1.13 bits per heavy atom. The van der Waals surface area contributed by atoms with Gasteiger partial charge in [-0.1, -0.05) is 48.2 Å². The van der Waals surface area contributed by atoms with Crippen molar-refractivity contribution in [2.45, 2.75) is 0 Å². The topological polar surface area (TPSA) is 9.23 Å². The van der Waals surface area contributed by atoms with Crippen molar-refractivity contribution in [2.24, 2.45) is 0 Å². The number of hydrogen-bond donors (Lipinski definition) is 0. The summed E-state index contributed by atoms with van der Waals surface area (Å²) < 4.78 is 6.12. The van der Waals surface area contributed by atoms with Gasteiger partial charge in [0.15, 0.2) is 0 Å². The molecule has 15 heavy (non-hydrogen) atoms. The second kappa shape index (κ2) is 4.64. The second-order valence-corrected chi connectivity index (χ2v) is 4.44. The van der Waals surface area contributed by atoms with Crippen LogP contribution in [0.3, 0.4) is 0 Å². The molecule has 0 atom stereocenters. The van der Waals surface area contributed by atoms with Gasteiger partial charge in [0.25, 0.3) is 0 Å². The van der Waals surface area contributed by atoms with E-state index in [1.165, 1.54) is 17.1 Å². The van der Waals surface area contributed by atoms with E-state index < -0.39 is 0 Å². The van der Waals surface area contributed by atoms with Crippen LogP contribution in [0.25, 0.3) is 10.8 Å². The number of fused-ring (bicyclic) bond motifs is 1. The lowest BCUT2D eigenvalue weighted by molar-refractivity contribution is 0.586. The Kier molecular flexibility index (Phi) is 3.23. The van der Waals surface area contributed by atoms with Crippen molar-refractivity contribution < 1.29 is 4.74 Å². The van der Waals surface area contributed by atoms with Crippen LogP contribution in [-0.4, -0.2) is 10.6 Å². The summed E-state index contributed by atoms with van der Waals surface area (Å²) in [6.07, 6.45) is 1.91. The standard InChI is InChI=1S/C12H10OS2/c1-15-12(14)13-11-8-4-6-9-5-2-3-7-10(9)11/h2-8H,1H3. The van der Waals surface area contributed by atoms with Gasteiger partial charge < -0.3 is 4.74 Å². The summed E-state index contributed by atoms with van der Waals surface area (Å²) in [5, 5.41) is 2.26. The minimum absolute atomic E-state index is 0.548. The van der Waals surface area contributed by atoms with E-state index in [0.717, 1.165) is 11.1 Å². The molecule has 0 N–H and O–H groups in total. The van der Waals surface area contributed by atoms with E-state index in [0.29, 0.717) is 4.38 Å². The Labute approximate surface area is 98.4 Å². The molecule has 0 aliphatic carbocycles. The second-order valence-electron chi connectivity index (χ2n) is 3.03. The molecule has 2 aromatic carbocycles. The van der Waals surface area contributed by atoms with E-state index in [-0.39, 0.29) is 0 Å². The number of rotatable bonds is 1. The van der Waals surface area contributed by atoms with Crippen LogP contribution in [0.5, 0.6) is 5.75 Å². The third-order valence-corrected chi connectivity index (χ3v) is 3.11. The normalized spacial score (nSPS) is 10.2. The van der Waals surface area contributed by atoms with Gasteiger partial charge in [0.05, 0.1) is 0 Å². The number of benzene rings is 2. The van der Waals surface area contributed by atoms with Gasteiger partial charge in [-0.05, 0) is 29.9 Å². The van der Waals surface area contributed by atoms with Crippen LogP contribution in [0, 0.1) is 0 Å².